The number of halogens is 1. The van der Waals surface area contributed by atoms with Crippen molar-refractivity contribution >= 4 is 34.8 Å². The zero-order chi connectivity index (χ0) is 16.7. The molecule has 1 N–H and O–H groups in total. The molecule has 1 aromatic carbocycles. The Morgan fingerprint density at radius 1 is 1.29 bits per heavy atom. The van der Waals surface area contributed by atoms with Crippen molar-refractivity contribution in [3.05, 3.63) is 63.7 Å². The van der Waals surface area contributed by atoms with Crippen molar-refractivity contribution in [1.29, 1.82) is 0 Å². The number of fused-ring (bicyclic) bond motifs is 1. The van der Waals surface area contributed by atoms with Crippen LogP contribution in [0.15, 0.2) is 41.8 Å². The summed E-state index contributed by atoms with van der Waals surface area (Å²) in [7, 11) is 0. The SMILES string of the molecule is Cc1nn(-c2ccc(F)cc2)c2c1[C@H](c1cccs1)SCC(=O)N2. The largest absolute Gasteiger partial charge is 0.310 e. The van der Waals surface area contributed by atoms with Gasteiger partial charge in [0.05, 0.1) is 22.4 Å². The highest BCUT2D eigenvalue weighted by atomic mass is 32.2. The zero-order valence-electron chi connectivity index (χ0n) is 12.8. The summed E-state index contributed by atoms with van der Waals surface area (Å²) >= 11 is 3.28. The predicted octanol–water partition coefficient (Wildman–Crippen LogP) is 4.16. The molecule has 0 fully saturated rings. The van der Waals surface area contributed by atoms with E-state index in [2.05, 4.69) is 16.5 Å². The van der Waals surface area contributed by atoms with Gasteiger partial charge in [-0.05, 0) is 42.6 Å². The topological polar surface area (TPSA) is 46.9 Å². The molecule has 3 aromatic rings. The van der Waals surface area contributed by atoms with E-state index < -0.39 is 0 Å². The number of aromatic nitrogens is 2. The number of anilines is 1. The molecule has 0 saturated carbocycles. The number of rotatable bonds is 2. The average molecular weight is 359 g/mol. The van der Waals surface area contributed by atoms with Crippen LogP contribution in [-0.2, 0) is 4.79 Å². The Morgan fingerprint density at radius 3 is 2.79 bits per heavy atom. The van der Waals surface area contributed by atoms with Crippen LogP contribution in [0, 0.1) is 12.7 Å². The van der Waals surface area contributed by atoms with Crippen LogP contribution < -0.4 is 5.32 Å². The van der Waals surface area contributed by atoms with Crippen LogP contribution in [0.25, 0.3) is 5.69 Å². The third kappa shape index (κ3) is 2.63. The number of carbonyl (C=O) groups excluding carboxylic acids is 1. The van der Waals surface area contributed by atoms with Crippen molar-refractivity contribution in [2.24, 2.45) is 0 Å². The molecule has 122 valence electrons. The normalized spacial score (nSPS) is 17.2. The number of hydrogen-bond donors (Lipinski definition) is 1. The second-order valence-electron chi connectivity index (χ2n) is 5.49. The van der Waals surface area contributed by atoms with Crippen LogP contribution in [0.3, 0.4) is 0 Å². The number of amides is 1. The first-order valence-corrected chi connectivity index (χ1v) is 9.36. The average Bonchev–Trinajstić information content (AvgIpc) is 3.15. The first kappa shape index (κ1) is 15.4. The van der Waals surface area contributed by atoms with Gasteiger partial charge in [0.25, 0.3) is 0 Å². The molecule has 0 spiro atoms. The molecule has 1 atom stereocenters. The molecule has 1 aliphatic rings. The fourth-order valence-corrected chi connectivity index (χ4v) is 4.98. The number of nitrogens with zero attached hydrogens (tertiary/aromatic N) is 2. The van der Waals surface area contributed by atoms with Crippen LogP contribution in [0.1, 0.15) is 21.4 Å². The van der Waals surface area contributed by atoms with Crippen molar-refractivity contribution in [3.63, 3.8) is 0 Å². The molecule has 0 bridgehead atoms. The molecular formula is C17H14FN3OS2. The maximum Gasteiger partial charge on any atom is 0.235 e. The molecule has 0 unspecified atom stereocenters. The van der Waals surface area contributed by atoms with Crippen molar-refractivity contribution in [3.8, 4) is 5.69 Å². The van der Waals surface area contributed by atoms with Gasteiger partial charge in [0.2, 0.25) is 5.91 Å². The summed E-state index contributed by atoms with van der Waals surface area (Å²) < 4.78 is 14.9. The van der Waals surface area contributed by atoms with E-state index in [0.29, 0.717) is 11.6 Å². The quantitative estimate of drug-likeness (QED) is 0.747. The Balaban J connectivity index is 1.89. The molecule has 1 amide bonds. The van der Waals surface area contributed by atoms with E-state index in [1.165, 1.54) is 17.0 Å². The van der Waals surface area contributed by atoms with Crippen LogP contribution in [-0.4, -0.2) is 21.4 Å². The van der Waals surface area contributed by atoms with Gasteiger partial charge in [-0.1, -0.05) is 6.07 Å². The smallest absolute Gasteiger partial charge is 0.235 e. The van der Waals surface area contributed by atoms with Crippen molar-refractivity contribution in [1.82, 2.24) is 9.78 Å². The van der Waals surface area contributed by atoms with Crippen LogP contribution in [0.5, 0.6) is 0 Å². The number of hydrogen-bond acceptors (Lipinski definition) is 4. The standard InChI is InChI=1S/C17H14FN3OS2/c1-10-15-16(13-3-2-8-23-13)24-9-14(22)19-17(15)21(20-10)12-6-4-11(18)5-7-12/h2-8,16H,9H2,1H3,(H,19,22)/t16-/m0/s1. The van der Waals surface area contributed by atoms with E-state index in [4.69, 9.17) is 0 Å². The van der Waals surface area contributed by atoms with Gasteiger partial charge in [-0.15, -0.1) is 23.1 Å². The molecule has 0 aliphatic carbocycles. The first-order chi connectivity index (χ1) is 11.6. The molecule has 24 heavy (non-hydrogen) atoms. The molecule has 7 heteroatoms. The number of thiophene rings is 1. The maximum absolute atomic E-state index is 13.2. The molecule has 0 saturated heterocycles. The van der Waals surface area contributed by atoms with E-state index in [0.717, 1.165) is 16.9 Å². The fourth-order valence-electron chi connectivity index (χ4n) is 2.82. The Kier molecular flexibility index (Phi) is 3.90. The van der Waals surface area contributed by atoms with E-state index in [-0.39, 0.29) is 17.0 Å². The van der Waals surface area contributed by atoms with Gasteiger partial charge in [0.1, 0.15) is 11.6 Å². The maximum atomic E-state index is 13.2. The van der Waals surface area contributed by atoms with Gasteiger partial charge < -0.3 is 5.32 Å². The molecule has 1 aliphatic heterocycles. The lowest BCUT2D eigenvalue weighted by atomic mass is 10.1. The highest BCUT2D eigenvalue weighted by molar-refractivity contribution is 8.00. The summed E-state index contributed by atoms with van der Waals surface area (Å²) in [6.45, 7) is 1.94. The van der Waals surface area contributed by atoms with Crippen LogP contribution in [0.4, 0.5) is 10.2 Å². The Morgan fingerprint density at radius 2 is 2.08 bits per heavy atom. The summed E-state index contributed by atoms with van der Waals surface area (Å²) in [5.41, 5.74) is 2.60. The van der Waals surface area contributed by atoms with Crippen molar-refractivity contribution in [2.75, 3.05) is 11.1 Å². The summed E-state index contributed by atoms with van der Waals surface area (Å²) in [6, 6.07) is 10.2. The highest BCUT2D eigenvalue weighted by Crippen LogP contribution is 2.45. The van der Waals surface area contributed by atoms with Gasteiger partial charge in [-0.25, -0.2) is 9.07 Å². The third-order valence-corrected chi connectivity index (χ3v) is 6.22. The first-order valence-electron chi connectivity index (χ1n) is 7.44. The molecule has 3 heterocycles. The minimum atomic E-state index is -0.301. The molecular weight excluding hydrogens is 345 g/mol. The Hall–Kier alpha value is -2.12. The highest BCUT2D eigenvalue weighted by Gasteiger charge is 2.30. The van der Waals surface area contributed by atoms with E-state index in [1.807, 2.05) is 18.4 Å². The van der Waals surface area contributed by atoms with E-state index in [9.17, 15) is 9.18 Å². The fraction of sp³-hybridized carbons (Fsp3) is 0.176. The molecule has 4 rings (SSSR count). The monoisotopic (exact) mass is 359 g/mol. The summed E-state index contributed by atoms with van der Waals surface area (Å²) in [6.07, 6.45) is 0. The van der Waals surface area contributed by atoms with Crippen LogP contribution in [0.2, 0.25) is 0 Å². The lowest BCUT2D eigenvalue weighted by Gasteiger charge is -2.13. The minimum Gasteiger partial charge on any atom is -0.310 e. The number of thioether (sulfide) groups is 1. The number of carbonyl (C=O) groups is 1. The van der Waals surface area contributed by atoms with Gasteiger partial charge in [0, 0.05) is 10.4 Å². The van der Waals surface area contributed by atoms with Crippen molar-refractivity contribution < 1.29 is 9.18 Å². The number of aryl methyl sites for hydroxylation is 1. The van der Waals surface area contributed by atoms with Gasteiger partial charge >= 0.3 is 0 Å². The second kappa shape index (κ2) is 6.07. The summed E-state index contributed by atoms with van der Waals surface area (Å²) in [4.78, 5) is 13.4. The predicted molar refractivity (Wildman–Crippen MR) is 95.5 cm³/mol. The van der Waals surface area contributed by atoms with Gasteiger partial charge in [-0.3, -0.25) is 4.79 Å². The lowest BCUT2D eigenvalue weighted by Crippen LogP contribution is -2.15. The van der Waals surface area contributed by atoms with Crippen molar-refractivity contribution in [2.45, 2.75) is 12.2 Å². The number of nitrogens with one attached hydrogen (secondary N) is 1. The second-order valence-corrected chi connectivity index (χ2v) is 7.56. The van der Waals surface area contributed by atoms with Crippen LogP contribution >= 0.6 is 23.1 Å². The van der Waals surface area contributed by atoms with E-state index >= 15 is 0 Å². The lowest BCUT2D eigenvalue weighted by molar-refractivity contribution is -0.113. The third-order valence-electron chi connectivity index (χ3n) is 3.88. The Bertz CT molecular complexity index is 887. The number of benzene rings is 1. The van der Waals surface area contributed by atoms with Gasteiger partial charge in [0.15, 0.2) is 0 Å². The Labute approximate surface area is 146 Å². The summed E-state index contributed by atoms with van der Waals surface area (Å²) in [5, 5.41) is 9.67. The molecule has 2 aromatic heterocycles. The molecule has 4 nitrogen and oxygen atoms in total. The van der Waals surface area contributed by atoms with Gasteiger partial charge in [-0.2, -0.15) is 5.10 Å². The summed E-state index contributed by atoms with van der Waals surface area (Å²) in [5.74, 6) is 0.709. The molecule has 0 radical (unpaired) electrons. The van der Waals surface area contributed by atoms with E-state index in [1.54, 1.807) is 39.9 Å². The minimum absolute atomic E-state index is 0.0523. The zero-order valence-corrected chi connectivity index (χ0v) is 14.5.